The largest absolute Gasteiger partial charge is 0.382 e. The van der Waals surface area contributed by atoms with E-state index in [1.165, 1.54) is 6.20 Å². The Labute approximate surface area is 190 Å². The maximum atomic E-state index is 13.7. The molecule has 0 bridgehead atoms. The molecule has 0 radical (unpaired) electrons. The number of benzene rings is 1. The van der Waals surface area contributed by atoms with Gasteiger partial charge in [0.15, 0.2) is 0 Å². The minimum Gasteiger partial charge on any atom is -0.382 e. The minimum absolute atomic E-state index is 0.0112. The average Bonchev–Trinajstić information content (AvgIpc) is 3.26. The van der Waals surface area contributed by atoms with Gasteiger partial charge in [-0.15, -0.1) is 11.3 Å². The number of carbonyl (C=O) groups excluding carboxylic acids is 1. The van der Waals surface area contributed by atoms with Gasteiger partial charge in [0.2, 0.25) is 5.95 Å². The lowest BCUT2D eigenvalue weighted by Crippen LogP contribution is -2.42. The predicted molar refractivity (Wildman–Crippen MR) is 123 cm³/mol. The van der Waals surface area contributed by atoms with Crippen molar-refractivity contribution in [3.8, 4) is 16.5 Å². The Morgan fingerprint density at radius 2 is 2.19 bits per heavy atom. The first-order valence-electron chi connectivity index (χ1n) is 10.6. The number of aromatic nitrogens is 3. The van der Waals surface area contributed by atoms with Crippen LogP contribution in [0.2, 0.25) is 0 Å². The van der Waals surface area contributed by atoms with Gasteiger partial charge in [0.1, 0.15) is 23.1 Å². The third-order valence-electron chi connectivity index (χ3n) is 6.10. The molecule has 9 heteroatoms. The molecule has 162 valence electrons. The molecule has 1 aliphatic carbocycles. The van der Waals surface area contributed by atoms with Crippen LogP contribution in [-0.2, 0) is 0 Å². The Balaban J connectivity index is 1.38. The molecular formula is C23H23N7OS. The normalized spacial score (nSPS) is 21.2. The summed E-state index contributed by atoms with van der Waals surface area (Å²) in [7, 11) is 0. The SMILES string of the molecule is Cc1cccc(-c2sc(C)nc2C(=O)N2C3CC3C[C@H]2CNc2ncc(C#N)c(N)n2)c1. The fourth-order valence-corrected chi connectivity index (χ4v) is 5.42. The first-order chi connectivity index (χ1) is 15.4. The number of fused-ring (bicyclic) bond motifs is 1. The number of carbonyl (C=O) groups is 1. The molecule has 1 aromatic carbocycles. The standard InChI is InChI=1S/C23H23N7OS/c1-12-4-3-5-14(6-12)20-19(28-13(2)32-20)22(31)30-17(7-15-8-18(15)30)11-27-23-26-10-16(9-24)21(25)29-23/h3-6,10,15,17-18H,7-8,11H2,1-2H3,(H3,25,26,27,29)/t15?,17-,18?/m0/s1. The average molecular weight is 446 g/mol. The fourth-order valence-electron chi connectivity index (χ4n) is 4.51. The van der Waals surface area contributed by atoms with Crippen molar-refractivity contribution in [3.63, 3.8) is 0 Å². The molecule has 1 saturated heterocycles. The van der Waals surface area contributed by atoms with Gasteiger partial charge in [-0.25, -0.2) is 9.97 Å². The second-order valence-electron chi connectivity index (χ2n) is 8.43. The number of nitriles is 1. The minimum atomic E-state index is -0.0112. The molecule has 1 saturated carbocycles. The van der Waals surface area contributed by atoms with Crippen molar-refractivity contribution in [1.29, 1.82) is 5.26 Å². The van der Waals surface area contributed by atoms with Crippen LogP contribution >= 0.6 is 11.3 Å². The van der Waals surface area contributed by atoms with E-state index in [-0.39, 0.29) is 29.4 Å². The van der Waals surface area contributed by atoms with E-state index in [4.69, 9.17) is 11.0 Å². The van der Waals surface area contributed by atoms with E-state index in [0.717, 1.165) is 33.9 Å². The van der Waals surface area contributed by atoms with Crippen molar-refractivity contribution in [2.45, 2.75) is 38.8 Å². The molecule has 3 aromatic rings. The highest BCUT2D eigenvalue weighted by molar-refractivity contribution is 7.15. The second-order valence-corrected chi connectivity index (χ2v) is 9.63. The van der Waals surface area contributed by atoms with E-state index < -0.39 is 0 Å². The molecule has 0 spiro atoms. The van der Waals surface area contributed by atoms with Crippen molar-refractivity contribution < 1.29 is 4.79 Å². The van der Waals surface area contributed by atoms with Crippen LogP contribution in [0, 0.1) is 31.1 Å². The summed E-state index contributed by atoms with van der Waals surface area (Å²) in [6.07, 6.45) is 3.40. The smallest absolute Gasteiger partial charge is 0.274 e. The number of hydrogen-bond donors (Lipinski definition) is 2. The number of nitrogens with two attached hydrogens (primary N) is 1. The zero-order valence-corrected chi connectivity index (χ0v) is 18.7. The number of rotatable bonds is 5. The van der Waals surface area contributed by atoms with Crippen LogP contribution in [0.4, 0.5) is 11.8 Å². The van der Waals surface area contributed by atoms with E-state index in [1.54, 1.807) is 11.3 Å². The van der Waals surface area contributed by atoms with Crippen LogP contribution in [0.3, 0.4) is 0 Å². The number of aryl methyl sites for hydroxylation is 2. The summed E-state index contributed by atoms with van der Waals surface area (Å²) in [4.78, 5) is 29.6. The summed E-state index contributed by atoms with van der Waals surface area (Å²) in [5, 5.41) is 13.1. The molecule has 2 aliphatic rings. The van der Waals surface area contributed by atoms with Crippen LogP contribution in [0.25, 0.3) is 10.4 Å². The number of amides is 1. The van der Waals surface area contributed by atoms with Gasteiger partial charge in [-0.1, -0.05) is 29.8 Å². The number of thiazole rings is 1. The van der Waals surface area contributed by atoms with Gasteiger partial charge in [-0.05, 0) is 38.2 Å². The fraction of sp³-hybridized carbons (Fsp3) is 0.348. The van der Waals surface area contributed by atoms with Gasteiger partial charge in [0.25, 0.3) is 5.91 Å². The monoisotopic (exact) mass is 445 g/mol. The molecule has 3 heterocycles. The lowest BCUT2D eigenvalue weighted by molar-refractivity contribution is 0.0704. The van der Waals surface area contributed by atoms with E-state index >= 15 is 0 Å². The Hall–Kier alpha value is -3.51. The lowest BCUT2D eigenvalue weighted by atomic mass is 10.1. The third kappa shape index (κ3) is 3.67. The highest BCUT2D eigenvalue weighted by Crippen LogP contribution is 2.49. The van der Waals surface area contributed by atoms with Gasteiger partial charge in [0, 0.05) is 12.6 Å². The van der Waals surface area contributed by atoms with Gasteiger partial charge >= 0.3 is 0 Å². The topological polar surface area (TPSA) is 121 Å². The van der Waals surface area contributed by atoms with E-state index in [1.807, 2.05) is 43.0 Å². The summed E-state index contributed by atoms with van der Waals surface area (Å²) < 4.78 is 0. The Bertz CT molecular complexity index is 1250. The van der Waals surface area contributed by atoms with E-state index in [9.17, 15) is 4.79 Å². The highest BCUT2D eigenvalue weighted by atomic mass is 32.1. The molecule has 1 aliphatic heterocycles. The van der Waals surface area contributed by atoms with Crippen LogP contribution in [0.1, 0.15) is 39.5 Å². The predicted octanol–water partition coefficient (Wildman–Crippen LogP) is 3.39. The van der Waals surface area contributed by atoms with Crippen LogP contribution < -0.4 is 11.1 Å². The van der Waals surface area contributed by atoms with Gasteiger partial charge in [-0.2, -0.15) is 10.2 Å². The maximum Gasteiger partial charge on any atom is 0.274 e. The number of likely N-dealkylation sites (tertiary alicyclic amines) is 1. The Kier molecular flexibility index (Phi) is 5.02. The van der Waals surface area contributed by atoms with Crippen LogP contribution in [0.15, 0.2) is 30.5 Å². The molecule has 32 heavy (non-hydrogen) atoms. The maximum absolute atomic E-state index is 13.7. The van der Waals surface area contributed by atoms with Crippen molar-refractivity contribution >= 4 is 29.0 Å². The number of nitrogen functional groups attached to an aromatic ring is 1. The summed E-state index contributed by atoms with van der Waals surface area (Å²) in [5.41, 5.74) is 8.76. The van der Waals surface area contributed by atoms with Crippen molar-refractivity contribution in [2.75, 3.05) is 17.6 Å². The molecule has 3 atom stereocenters. The second kappa shape index (κ2) is 7.88. The molecule has 1 amide bonds. The number of nitrogens with zero attached hydrogens (tertiary/aromatic N) is 5. The van der Waals surface area contributed by atoms with Crippen molar-refractivity contribution in [1.82, 2.24) is 19.9 Å². The van der Waals surface area contributed by atoms with Crippen LogP contribution in [-0.4, -0.2) is 44.4 Å². The Morgan fingerprint density at radius 3 is 2.94 bits per heavy atom. The molecular weight excluding hydrogens is 422 g/mol. The van der Waals surface area contributed by atoms with Gasteiger partial charge in [-0.3, -0.25) is 4.79 Å². The first kappa shape index (κ1) is 20.4. The summed E-state index contributed by atoms with van der Waals surface area (Å²) in [6.45, 7) is 4.51. The van der Waals surface area contributed by atoms with Gasteiger partial charge in [0.05, 0.1) is 22.1 Å². The summed E-state index contributed by atoms with van der Waals surface area (Å²) in [6, 6.07) is 10.4. The van der Waals surface area contributed by atoms with Crippen LogP contribution in [0.5, 0.6) is 0 Å². The van der Waals surface area contributed by atoms with E-state index in [2.05, 4.69) is 26.3 Å². The molecule has 2 unspecified atom stereocenters. The summed E-state index contributed by atoms with van der Waals surface area (Å²) >= 11 is 1.56. The highest BCUT2D eigenvalue weighted by Gasteiger charge is 2.54. The summed E-state index contributed by atoms with van der Waals surface area (Å²) in [5.74, 6) is 1.04. The van der Waals surface area contributed by atoms with E-state index in [0.29, 0.717) is 24.1 Å². The molecule has 2 aromatic heterocycles. The molecule has 5 rings (SSSR count). The van der Waals surface area contributed by atoms with Gasteiger partial charge < -0.3 is 16.0 Å². The number of anilines is 2. The number of hydrogen-bond acceptors (Lipinski definition) is 8. The Morgan fingerprint density at radius 1 is 1.34 bits per heavy atom. The lowest BCUT2D eigenvalue weighted by Gasteiger charge is -2.27. The molecule has 2 fully saturated rings. The first-order valence-corrected chi connectivity index (χ1v) is 11.4. The van der Waals surface area contributed by atoms with Crippen molar-refractivity contribution in [2.24, 2.45) is 5.92 Å². The zero-order chi connectivity index (χ0) is 22.4. The molecule has 8 nitrogen and oxygen atoms in total. The molecule has 3 N–H and O–H groups in total. The zero-order valence-electron chi connectivity index (χ0n) is 17.9. The number of piperidine rings is 1. The van der Waals surface area contributed by atoms with Crippen molar-refractivity contribution in [3.05, 3.63) is 52.3 Å². The third-order valence-corrected chi connectivity index (χ3v) is 7.12. The quantitative estimate of drug-likeness (QED) is 0.617. The number of nitrogens with one attached hydrogen (secondary N) is 1.